The Bertz CT molecular complexity index is 540. The summed E-state index contributed by atoms with van der Waals surface area (Å²) in [7, 11) is 0. The van der Waals surface area contributed by atoms with Crippen LogP contribution >= 0.6 is 11.6 Å². The molecule has 22 heavy (non-hydrogen) atoms. The van der Waals surface area contributed by atoms with Gasteiger partial charge in [-0.2, -0.15) is 0 Å². The summed E-state index contributed by atoms with van der Waals surface area (Å²) in [4.78, 5) is 24.8. The summed E-state index contributed by atoms with van der Waals surface area (Å²) in [5.74, 6) is -0.832. The predicted molar refractivity (Wildman–Crippen MR) is 84.6 cm³/mol. The molecule has 2 atom stereocenters. The van der Waals surface area contributed by atoms with Gasteiger partial charge in [0.25, 0.3) is 11.8 Å². The molecule has 0 spiro atoms. The molecule has 7 heteroatoms. The summed E-state index contributed by atoms with van der Waals surface area (Å²) < 4.78 is 13.0. The molecule has 0 aliphatic carbocycles. The standard InChI is InChI=1S/C15H21ClFN3O2/c1-4-18-14(21)9-20(5-2)10(3)15(22)19-13-7-6-11(17)8-12(13)16/h6-8,10H,4-5,9H2,1-3H3,(H,18,21)(H,19,22)/p+1/t10-/m0/s1. The molecular formula is C15H22ClFN3O2+. The third-order valence-corrected chi connectivity index (χ3v) is 3.72. The number of benzene rings is 1. The number of quaternary nitrogens is 1. The number of halogens is 2. The second-order valence-corrected chi connectivity index (χ2v) is 5.38. The third kappa shape index (κ3) is 5.27. The molecule has 1 aromatic carbocycles. The average Bonchev–Trinajstić information content (AvgIpc) is 2.47. The quantitative estimate of drug-likeness (QED) is 0.694. The lowest BCUT2D eigenvalue weighted by Crippen LogP contribution is -3.17. The van der Waals surface area contributed by atoms with Crippen molar-refractivity contribution < 1.29 is 18.9 Å². The van der Waals surface area contributed by atoms with Crippen molar-refractivity contribution in [2.24, 2.45) is 0 Å². The first-order valence-corrected chi connectivity index (χ1v) is 7.64. The van der Waals surface area contributed by atoms with E-state index in [1.807, 2.05) is 13.8 Å². The lowest BCUT2D eigenvalue weighted by atomic mass is 10.2. The highest BCUT2D eigenvalue weighted by Crippen LogP contribution is 2.22. The van der Waals surface area contributed by atoms with Gasteiger partial charge >= 0.3 is 0 Å². The zero-order valence-corrected chi connectivity index (χ0v) is 13.8. The largest absolute Gasteiger partial charge is 0.351 e. The molecule has 0 fully saturated rings. The fourth-order valence-corrected chi connectivity index (χ4v) is 2.28. The SMILES string of the molecule is CCNC(=O)C[NH+](CC)[C@@H](C)C(=O)Nc1ccc(F)cc1Cl. The molecule has 1 aromatic rings. The van der Waals surface area contributed by atoms with E-state index >= 15 is 0 Å². The van der Waals surface area contributed by atoms with Crippen LogP contribution < -0.4 is 15.5 Å². The number of carbonyl (C=O) groups excluding carboxylic acids is 2. The minimum atomic E-state index is -0.465. The highest BCUT2D eigenvalue weighted by atomic mass is 35.5. The van der Waals surface area contributed by atoms with Gasteiger partial charge < -0.3 is 15.5 Å². The lowest BCUT2D eigenvalue weighted by Gasteiger charge is -2.23. The van der Waals surface area contributed by atoms with Crippen LogP contribution in [0.25, 0.3) is 0 Å². The minimum absolute atomic E-state index is 0.0983. The monoisotopic (exact) mass is 330 g/mol. The minimum Gasteiger partial charge on any atom is -0.351 e. The van der Waals surface area contributed by atoms with Gasteiger partial charge in [0.1, 0.15) is 5.82 Å². The van der Waals surface area contributed by atoms with Crippen LogP contribution in [-0.4, -0.2) is 37.5 Å². The molecule has 0 aromatic heterocycles. The summed E-state index contributed by atoms with van der Waals surface area (Å²) in [6, 6.07) is 3.35. The Balaban J connectivity index is 2.71. The molecular weight excluding hydrogens is 309 g/mol. The molecule has 0 radical (unpaired) electrons. The molecule has 2 amide bonds. The zero-order valence-electron chi connectivity index (χ0n) is 13.0. The van der Waals surface area contributed by atoms with Crippen LogP contribution in [0, 0.1) is 5.82 Å². The number of likely N-dealkylation sites (N-methyl/N-ethyl adjacent to an activating group) is 2. The second-order valence-electron chi connectivity index (χ2n) is 4.98. The van der Waals surface area contributed by atoms with Crippen molar-refractivity contribution >= 4 is 29.1 Å². The molecule has 5 nitrogen and oxygen atoms in total. The zero-order chi connectivity index (χ0) is 16.7. The molecule has 1 unspecified atom stereocenters. The van der Waals surface area contributed by atoms with Gasteiger partial charge in [-0.1, -0.05) is 11.6 Å². The Morgan fingerprint density at radius 3 is 2.59 bits per heavy atom. The van der Waals surface area contributed by atoms with E-state index in [2.05, 4.69) is 10.6 Å². The molecule has 0 heterocycles. The molecule has 0 aliphatic heterocycles. The number of hydrogen-bond acceptors (Lipinski definition) is 2. The van der Waals surface area contributed by atoms with Gasteiger partial charge in [-0.25, -0.2) is 4.39 Å². The van der Waals surface area contributed by atoms with Crippen LogP contribution in [0.5, 0.6) is 0 Å². The Hall–Kier alpha value is -1.66. The van der Waals surface area contributed by atoms with Gasteiger partial charge in [0.05, 0.1) is 17.3 Å². The van der Waals surface area contributed by atoms with Crippen molar-refractivity contribution in [3.8, 4) is 0 Å². The number of nitrogens with one attached hydrogen (secondary N) is 3. The van der Waals surface area contributed by atoms with Crippen LogP contribution in [0.15, 0.2) is 18.2 Å². The predicted octanol–water partition coefficient (Wildman–Crippen LogP) is 0.847. The van der Waals surface area contributed by atoms with E-state index in [-0.39, 0.29) is 23.4 Å². The van der Waals surface area contributed by atoms with E-state index in [0.29, 0.717) is 18.8 Å². The molecule has 0 saturated carbocycles. The first-order valence-electron chi connectivity index (χ1n) is 7.26. The molecule has 0 bridgehead atoms. The highest BCUT2D eigenvalue weighted by Gasteiger charge is 2.26. The van der Waals surface area contributed by atoms with E-state index in [1.165, 1.54) is 12.1 Å². The summed E-state index contributed by atoms with van der Waals surface area (Å²) in [6.07, 6.45) is 0. The summed E-state index contributed by atoms with van der Waals surface area (Å²) in [5, 5.41) is 5.52. The molecule has 1 rings (SSSR count). The fourth-order valence-electron chi connectivity index (χ4n) is 2.07. The van der Waals surface area contributed by atoms with Crippen LogP contribution in [0.1, 0.15) is 20.8 Å². The Kier molecular flexibility index (Phi) is 7.27. The van der Waals surface area contributed by atoms with Crippen molar-refractivity contribution in [1.29, 1.82) is 0 Å². The Morgan fingerprint density at radius 1 is 1.36 bits per heavy atom. The number of carbonyl (C=O) groups is 2. The van der Waals surface area contributed by atoms with Crippen molar-refractivity contribution in [3.63, 3.8) is 0 Å². The van der Waals surface area contributed by atoms with Gasteiger partial charge in [-0.3, -0.25) is 9.59 Å². The normalized spacial score (nSPS) is 13.3. The second kappa shape index (κ2) is 8.70. The van der Waals surface area contributed by atoms with Crippen LogP contribution in [0.4, 0.5) is 10.1 Å². The van der Waals surface area contributed by atoms with Crippen LogP contribution in [0.2, 0.25) is 5.02 Å². The van der Waals surface area contributed by atoms with Crippen LogP contribution in [-0.2, 0) is 9.59 Å². The number of anilines is 1. The van der Waals surface area contributed by atoms with Gasteiger partial charge in [-0.15, -0.1) is 0 Å². The molecule has 122 valence electrons. The first-order chi connectivity index (χ1) is 10.4. The molecule has 3 N–H and O–H groups in total. The molecule has 0 saturated heterocycles. The van der Waals surface area contributed by atoms with E-state index in [0.717, 1.165) is 11.0 Å². The third-order valence-electron chi connectivity index (χ3n) is 3.41. The van der Waals surface area contributed by atoms with Gasteiger partial charge in [-0.05, 0) is 39.0 Å². The van der Waals surface area contributed by atoms with Crippen molar-refractivity contribution in [2.75, 3.05) is 25.0 Å². The van der Waals surface area contributed by atoms with Crippen molar-refractivity contribution in [1.82, 2.24) is 5.32 Å². The van der Waals surface area contributed by atoms with E-state index in [4.69, 9.17) is 11.6 Å². The van der Waals surface area contributed by atoms with Crippen molar-refractivity contribution in [2.45, 2.75) is 26.8 Å². The number of amides is 2. The highest BCUT2D eigenvalue weighted by molar-refractivity contribution is 6.33. The van der Waals surface area contributed by atoms with E-state index in [1.54, 1.807) is 6.92 Å². The average molecular weight is 331 g/mol. The topological polar surface area (TPSA) is 62.6 Å². The maximum absolute atomic E-state index is 13.0. The number of hydrogen-bond donors (Lipinski definition) is 3. The summed E-state index contributed by atoms with van der Waals surface area (Å²) in [6.45, 7) is 6.89. The lowest BCUT2D eigenvalue weighted by molar-refractivity contribution is -0.904. The first kappa shape index (κ1) is 18.4. The maximum Gasteiger partial charge on any atom is 0.282 e. The summed E-state index contributed by atoms with van der Waals surface area (Å²) >= 11 is 5.89. The van der Waals surface area contributed by atoms with E-state index in [9.17, 15) is 14.0 Å². The van der Waals surface area contributed by atoms with Crippen molar-refractivity contribution in [3.05, 3.63) is 29.0 Å². The van der Waals surface area contributed by atoms with Gasteiger partial charge in [0, 0.05) is 6.54 Å². The van der Waals surface area contributed by atoms with Gasteiger partial charge in [0.15, 0.2) is 12.6 Å². The summed E-state index contributed by atoms with van der Waals surface area (Å²) in [5.41, 5.74) is 0.355. The fraction of sp³-hybridized carbons (Fsp3) is 0.467. The Labute approximate surface area is 134 Å². The van der Waals surface area contributed by atoms with Gasteiger partial charge in [0.2, 0.25) is 0 Å². The van der Waals surface area contributed by atoms with E-state index < -0.39 is 11.9 Å². The smallest absolute Gasteiger partial charge is 0.282 e. The number of rotatable bonds is 7. The Morgan fingerprint density at radius 2 is 2.05 bits per heavy atom. The maximum atomic E-state index is 13.0. The molecule has 0 aliphatic rings. The van der Waals surface area contributed by atoms with Crippen LogP contribution in [0.3, 0.4) is 0 Å².